The predicted octanol–water partition coefficient (Wildman–Crippen LogP) is 0.686. The molecule has 1 aromatic heterocycles. The molecule has 0 unspecified atom stereocenters. The van der Waals surface area contributed by atoms with Gasteiger partial charge in [0.15, 0.2) is 0 Å². The van der Waals surface area contributed by atoms with E-state index in [2.05, 4.69) is 4.98 Å². The maximum absolute atomic E-state index is 12.1. The van der Waals surface area contributed by atoms with Gasteiger partial charge in [0.25, 0.3) is 5.56 Å². The average Bonchev–Trinajstić information content (AvgIpc) is 2.54. The summed E-state index contributed by atoms with van der Waals surface area (Å²) >= 11 is 0. The largest absolute Gasteiger partial charge is 0.366 e. The minimum Gasteiger partial charge on any atom is -0.366 e. The molecular formula is C17H22N4O3. The third-order valence-corrected chi connectivity index (χ3v) is 3.88. The highest BCUT2D eigenvalue weighted by molar-refractivity contribution is 5.95. The summed E-state index contributed by atoms with van der Waals surface area (Å²) in [5.41, 5.74) is 11.6. The van der Waals surface area contributed by atoms with E-state index in [1.807, 2.05) is 0 Å². The van der Waals surface area contributed by atoms with Crippen molar-refractivity contribution in [1.29, 1.82) is 0 Å². The summed E-state index contributed by atoms with van der Waals surface area (Å²) in [4.78, 5) is 37.3. The number of aromatic amines is 1. The lowest BCUT2D eigenvalue weighted by Crippen LogP contribution is -2.28. The summed E-state index contributed by atoms with van der Waals surface area (Å²) < 4.78 is 1.32. The number of H-pyrrole nitrogens is 1. The molecule has 0 spiro atoms. The van der Waals surface area contributed by atoms with Crippen LogP contribution in [0, 0.1) is 0 Å². The van der Waals surface area contributed by atoms with Gasteiger partial charge in [-0.2, -0.15) is 0 Å². The Morgan fingerprint density at radius 2 is 1.83 bits per heavy atom. The normalized spacial score (nSPS) is 10.7. The number of rotatable bonds is 8. The van der Waals surface area contributed by atoms with Crippen LogP contribution in [0.25, 0.3) is 5.69 Å². The summed E-state index contributed by atoms with van der Waals surface area (Å²) in [6.45, 7) is 0.663. The number of nitrogens with zero attached hydrogens (tertiary/aromatic N) is 1. The SMILES string of the molecule is NCCCCCCc1c(C(N)=O)cccc1-n1ccc(=O)[nH]c1=O. The number of primary amides is 1. The van der Waals surface area contributed by atoms with Gasteiger partial charge in [-0.3, -0.25) is 19.1 Å². The summed E-state index contributed by atoms with van der Waals surface area (Å²) in [5.74, 6) is -0.536. The molecule has 1 heterocycles. The molecule has 24 heavy (non-hydrogen) atoms. The van der Waals surface area contributed by atoms with Crippen molar-refractivity contribution in [2.75, 3.05) is 6.54 Å². The Balaban J connectivity index is 2.39. The van der Waals surface area contributed by atoms with E-state index < -0.39 is 17.2 Å². The van der Waals surface area contributed by atoms with E-state index in [0.717, 1.165) is 25.7 Å². The molecule has 0 aliphatic heterocycles. The quantitative estimate of drug-likeness (QED) is 0.616. The monoisotopic (exact) mass is 330 g/mol. The van der Waals surface area contributed by atoms with Gasteiger partial charge in [0.2, 0.25) is 5.91 Å². The summed E-state index contributed by atoms with van der Waals surface area (Å²) in [7, 11) is 0. The van der Waals surface area contributed by atoms with Gasteiger partial charge in [-0.1, -0.05) is 18.9 Å². The molecule has 1 amide bonds. The predicted molar refractivity (Wildman–Crippen MR) is 92.4 cm³/mol. The Morgan fingerprint density at radius 1 is 1.08 bits per heavy atom. The molecule has 5 N–H and O–H groups in total. The maximum atomic E-state index is 12.1. The second kappa shape index (κ2) is 8.26. The number of carbonyl (C=O) groups excluding carboxylic acids is 1. The van der Waals surface area contributed by atoms with E-state index in [0.29, 0.717) is 29.8 Å². The fourth-order valence-electron chi connectivity index (χ4n) is 2.70. The van der Waals surface area contributed by atoms with E-state index in [4.69, 9.17) is 11.5 Å². The highest BCUT2D eigenvalue weighted by Gasteiger charge is 2.14. The van der Waals surface area contributed by atoms with Crippen molar-refractivity contribution in [2.45, 2.75) is 32.1 Å². The van der Waals surface area contributed by atoms with Crippen molar-refractivity contribution in [3.05, 3.63) is 62.4 Å². The lowest BCUT2D eigenvalue weighted by Gasteiger charge is -2.14. The highest BCUT2D eigenvalue weighted by atomic mass is 16.2. The van der Waals surface area contributed by atoms with Crippen LogP contribution in [0.15, 0.2) is 40.1 Å². The van der Waals surface area contributed by atoms with Crippen molar-refractivity contribution in [2.24, 2.45) is 11.5 Å². The van der Waals surface area contributed by atoms with Crippen LogP contribution in [0.5, 0.6) is 0 Å². The minimum absolute atomic E-state index is 0.393. The van der Waals surface area contributed by atoms with Crippen LogP contribution in [0.2, 0.25) is 0 Å². The molecule has 7 nitrogen and oxygen atoms in total. The Morgan fingerprint density at radius 3 is 2.50 bits per heavy atom. The minimum atomic E-state index is -0.548. The molecule has 0 saturated heterocycles. The number of nitrogens with one attached hydrogen (secondary N) is 1. The number of amides is 1. The molecule has 2 rings (SSSR count). The molecule has 0 saturated carbocycles. The maximum Gasteiger partial charge on any atom is 0.332 e. The van der Waals surface area contributed by atoms with E-state index in [1.54, 1.807) is 18.2 Å². The summed E-state index contributed by atoms with van der Waals surface area (Å²) in [5, 5.41) is 0. The van der Waals surface area contributed by atoms with Crippen molar-refractivity contribution >= 4 is 5.91 Å². The average molecular weight is 330 g/mol. The van der Waals surface area contributed by atoms with E-state index in [1.165, 1.54) is 16.8 Å². The number of unbranched alkanes of at least 4 members (excludes halogenated alkanes) is 3. The van der Waals surface area contributed by atoms with Gasteiger partial charge in [-0.15, -0.1) is 0 Å². The number of benzene rings is 1. The highest BCUT2D eigenvalue weighted by Crippen LogP contribution is 2.20. The van der Waals surface area contributed by atoms with Crippen molar-refractivity contribution in [3.63, 3.8) is 0 Å². The molecule has 2 aromatic rings. The lowest BCUT2D eigenvalue weighted by molar-refractivity contribution is 0.0999. The van der Waals surface area contributed by atoms with Gasteiger partial charge in [0.1, 0.15) is 0 Å². The Labute approximate surface area is 139 Å². The molecular weight excluding hydrogens is 308 g/mol. The standard InChI is InChI=1S/C17H22N4O3/c18-10-4-2-1-3-6-12-13(16(19)23)7-5-8-14(12)21-11-9-15(22)20-17(21)24/h5,7-9,11H,1-4,6,10,18H2,(H2,19,23)(H,20,22,24). The molecule has 0 aliphatic rings. The van der Waals surface area contributed by atoms with Crippen molar-refractivity contribution < 1.29 is 4.79 Å². The molecule has 0 aliphatic carbocycles. The number of hydrogen-bond acceptors (Lipinski definition) is 4. The number of hydrogen-bond donors (Lipinski definition) is 3. The first-order valence-corrected chi connectivity index (χ1v) is 7.98. The van der Waals surface area contributed by atoms with E-state index in [-0.39, 0.29) is 0 Å². The zero-order chi connectivity index (χ0) is 17.5. The molecule has 0 fully saturated rings. The van der Waals surface area contributed by atoms with Crippen LogP contribution < -0.4 is 22.7 Å². The number of carbonyl (C=O) groups is 1. The lowest BCUT2D eigenvalue weighted by atomic mass is 9.98. The van der Waals surface area contributed by atoms with Gasteiger partial charge in [-0.05, 0) is 43.5 Å². The van der Waals surface area contributed by atoms with Gasteiger partial charge in [0, 0.05) is 17.8 Å². The van der Waals surface area contributed by atoms with Crippen molar-refractivity contribution in [3.8, 4) is 5.69 Å². The van der Waals surface area contributed by atoms with Gasteiger partial charge >= 0.3 is 5.69 Å². The number of nitrogens with two attached hydrogens (primary N) is 2. The van der Waals surface area contributed by atoms with Gasteiger partial charge in [0.05, 0.1) is 5.69 Å². The second-order valence-electron chi connectivity index (χ2n) is 5.60. The van der Waals surface area contributed by atoms with Crippen LogP contribution in [0.4, 0.5) is 0 Å². The molecule has 128 valence electrons. The first kappa shape index (κ1) is 17.7. The van der Waals surface area contributed by atoms with E-state index >= 15 is 0 Å². The zero-order valence-corrected chi connectivity index (χ0v) is 13.5. The third kappa shape index (κ3) is 4.20. The first-order valence-electron chi connectivity index (χ1n) is 7.98. The van der Waals surface area contributed by atoms with Crippen LogP contribution >= 0.6 is 0 Å². The van der Waals surface area contributed by atoms with Crippen molar-refractivity contribution in [1.82, 2.24) is 9.55 Å². The Bertz CT molecular complexity index is 823. The Kier molecular flexibility index (Phi) is 6.08. The third-order valence-electron chi connectivity index (χ3n) is 3.88. The first-order chi connectivity index (χ1) is 11.5. The zero-order valence-electron chi connectivity index (χ0n) is 13.5. The van der Waals surface area contributed by atoms with Crippen LogP contribution in [0.3, 0.4) is 0 Å². The number of aromatic nitrogens is 2. The fourth-order valence-corrected chi connectivity index (χ4v) is 2.70. The molecule has 0 radical (unpaired) electrons. The second-order valence-corrected chi connectivity index (χ2v) is 5.60. The van der Waals surface area contributed by atoms with Crippen LogP contribution in [-0.2, 0) is 6.42 Å². The van der Waals surface area contributed by atoms with E-state index in [9.17, 15) is 14.4 Å². The molecule has 1 aromatic carbocycles. The molecule has 0 atom stereocenters. The summed E-state index contributed by atoms with van der Waals surface area (Å²) in [6.07, 6.45) is 5.83. The molecule has 0 bridgehead atoms. The molecule has 7 heteroatoms. The smallest absolute Gasteiger partial charge is 0.332 e. The van der Waals surface area contributed by atoms with Crippen LogP contribution in [0.1, 0.15) is 41.6 Å². The van der Waals surface area contributed by atoms with Gasteiger partial charge in [-0.25, -0.2) is 4.79 Å². The summed E-state index contributed by atoms with van der Waals surface area (Å²) in [6, 6.07) is 6.33. The topological polar surface area (TPSA) is 124 Å². The fraction of sp³-hybridized carbons (Fsp3) is 0.353. The van der Waals surface area contributed by atoms with Crippen LogP contribution in [-0.4, -0.2) is 22.0 Å². The van der Waals surface area contributed by atoms with Gasteiger partial charge < -0.3 is 11.5 Å². The Hall–Kier alpha value is -2.67.